The van der Waals surface area contributed by atoms with Crippen molar-refractivity contribution in [1.82, 2.24) is 9.97 Å². The molecule has 160 valence electrons. The maximum atomic E-state index is 12.5. The zero-order chi connectivity index (χ0) is 21.8. The summed E-state index contributed by atoms with van der Waals surface area (Å²) in [5.41, 5.74) is -1.78. The van der Waals surface area contributed by atoms with Gasteiger partial charge in [-0.05, 0) is 30.5 Å². The van der Waals surface area contributed by atoms with Crippen molar-refractivity contribution in [3.05, 3.63) is 59.2 Å². The Morgan fingerprint density at radius 2 is 1.77 bits per heavy atom. The van der Waals surface area contributed by atoms with Crippen LogP contribution >= 0.6 is 11.3 Å². The van der Waals surface area contributed by atoms with Crippen LogP contribution in [0.15, 0.2) is 48.0 Å². The van der Waals surface area contributed by atoms with Crippen LogP contribution in [0.2, 0.25) is 0 Å². The minimum atomic E-state index is -5.25. The summed E-state index contributed by atoms with van der Waals surface area (Å²) in [6.45, 7) is 2.16. The number of sulfone groups is 1. The van der Waals surface area contributed by atoms with E-state index >= 15 is 0 Å². The molecule has 3 aromatic rings. The largest absolute Gasteiger partial charge is 0.497 e. The van der Waals surface area contributed by atoms with E-state index in [0.717, 1.165) is 41.9 Å². The van der Waals surface area contributed by atoms with E-state index in [4.69, 9.17) is 0 Å². The zero-order valence-corrected chi connectivity index (χ0v) is 17.9. The third kappa shape index (κ3) is 5.46. The molecule has 0 aliphatic heterocycles. The molecule has 0 fully saturated rings. The summed E-state index contributed by atoms with van der Waals surface area (Å²) in [6.07, 6.45) is 6.09. The monoisotopic (exact) mass is 454 g/mol. The average molecular weight is 455 g/mol. The number of pyridine rings is 1. The summed E-state index contributed by atoms with van der Waals surface area (Å²) in [7, 11) is -5.19. The molecule has 0 unspecified atom stereocenters. The van der Waals surface area contributed by atoms with Gasteiger partial charge in [-0.1, -0.05) is 44.0 Å². The normalized spacial score (nSPS) is 12.3. The van der Waals surface area contributed by atoms with Gasteiger partial charge in [-0.2, -0.15) is 13.2 Å². The van der Waals surface area contributed by atoms with E-state index in [2.05, 4.69) is 16.9 Å². The molecular formula is C21H21F3N2O2S2. The van der Waals surface area contributed by atoms with Gasteiger partial charge < -0.3 is 0 Å². The number of rotatable bonds is 8. The summed E-state index contributed by atoms with van der Waals surface area (Å²) < 4.78 is 60.2. The van der Waals surface area contributed by atoms with Crippen molar-refractivity contribution in [3.8, 4) is 21.8 Å². The maximum absolute atomic E-state index is 12.5. The number of halogens is 3. The van der Waals surface area contributed by atoms with Crippen LogP contribution in [-0.4, -0.2) is 23.9 Å². The number of nitrogens with zero attached hydrogens (tertiary/aromatic N) is 2. The van der Waals surface area contributed by atoms with E-state index in [9.17, 15) is 21.6 Å². The minimum absolute atomic E-state index is 0.0809. The summed E-state index contributed by atoms with van der Waals surface area (Å²) in [5, 5.41) is 2.70. The predicted molar refractivity (Wildman–Crippen MR) is 113 cm³/mol. The Labute approximate surface area is 177 Å². The zero-order valence-electron chi connectivity index (χ0n) is 16.3. The second-order valence-corrected chi connectivity index (χ2v) is 9.77. The molecule has 0 N–H and O–H groups in total. The van der Waals surface area contributed by atoms with Crippen LogP contribution in [-0.2, 0) is 22.0 Å². The van der Waals surface area contributed by atoms with E-state index in [0.29, 0.717) is 11.3 Å². The van der Waals surface area contributed by atoms with E-state index in [-0.39, 0.29) is 5.56 Å². The highest BCUT2D eigenvalue weighted by Crippen LogP contribution is 2.31. The summed E-state index contributed by atoms with van der Waals surface area (Å²) in [5.74, 6) is -1.07. The van der Waals surface area contributed by atoms with Crippen LogP contribution < -0.4 is 0 Å². The van der Waals surface area contributed by atoms with Crippen molar-refractivity contribution in [1.29, 1.82) is 0 Å². The molecule has 9 heteroatoms. The molecule has 2 heterocycles. The highest BCUT2D eigenvalue weighted by molar-refractivity contribution is 7.91. The average Bonchev–Trinajstić information content (AvgIpc) is 3.18. The lowest BCUT2D eigenvalue weighted by Crippen LogP contribution is -2.24. The second-order valence-electron chi connectivity index (χ2n) is 6.93. The molecule has 0 saturated carbocycles. The van der Waals surface area contributed by atoms with Crippen LogP contribution in [0.3, 0.4) is 0 Å². The maximum Gasteiger partial charge on any atom is 0.497 e. The molecule has 2 aromatic heterocycles. The lowest BCUT2D eigenvalue weighted by molar-refractivity contribution is -0.0437. The van der Waals surface area contributed by atoms with Crippen molar-refractivity contribution in [2.45, 2.75) is 43.9 Å². The van der Waals surface area contributed by atoms with E-state index in [1.165, 1.54) is 23.5 Å². The molecule has 0 spiro atoms. The van der Waals surface area contributed by atoms with Crippen LogP contribution in [0.25, 0.3) is 21.8 Å². The Morgan fingerprint density at radius 1 is 1.03 bits per heavy atom. The third-order valence-corrected chi connectivity index (χ3v) is 6.87. The number of benzene rings is 1. The number of unbranched alkanes of at least 4 members (excludes halogenated alkanes) is 2. The van der Waals surface area contributed by atoms with Crippen LogP contribution in [0, 0.1) is 0 Å². The first-order valence-electron chi connectivity index (χ1n) is 9.49. The first kappa shape index (κ1) is 22.4. The van der Waals surface area contributed by atoms with Gasteiger partial charge in [0.05, 0.1) is 11.4 Å². The SMILES string of the molecule is CCCCCc1cc(-c2nc(-c3ccc(CS(=O)(=O)C(F)(F)F)cc3)cs2)ccn1. The van der Waals surface area contributed by atoms with E-state index in [1.54, 1.807) is 18.3 Å². The number of alkyl halides is 3. The van der Waals surface area contributed by atoms with Crippen molar-refractivity contribution in [2.24, 2.45) is 0 Å². The standard InChI is InChI=1S/C21H21F3N2O2S2/c1-2-3-4-5-18-12-17(10-11-25-18)20-26-19(13-29-20)16-8-6-15(7-9-16)14-30(27,28)21(22,23)24/h6-13H,2-5,14H2,1H3. The highest BCUT2D eigenvalue weighted by atomic mass is 32.2. The van der Waals surface area contributed by atoms with Gasteiger partial charge in [-0.3, -0.25) is 4.98 Å². The Morgan fingerprint density at radius 3 is 2.43 bits per heavy atom. The van der Waals surface area contributed by atoms with Gasteiger partial charge >= 0.3 is 5.51 Å². The third-order valence-electron chi connectivity index (χ3n) is 4.56. The van der Waals surface area contributed by atoms with Gasteiger partial charge in [0, 0.05) is 28.4 Å². The van der Waals surface area contributed by atoms with Gasteiger partial charge in [0.25, 0.3) is 9.84 Å². The van der Waals surface area contributed by atoms with Gasteiger partial charge in [0.1, 0.15) is 5.01 Å². The predicted octanol–water partition coefficient (Wildman–Crippen LogP) is 6.04. The van der Waals surface area contributed by atoms with Gasteiger partial charge in [0.15, 0.2) is 0 Å². The molecule has 0 aliphatic carbocycles. The van der Waals surface area contributed by atoms with Gasteiger partial charge in [-0.15, -0.1) is 11.3 Å². The Kier molecular flexibility index (Phi) is 6.92. The molecule has 0 atom stereocenters. The second kappa shape index (κ2) is 9.26. The smallest absolute Gasteiger partial charge is 0.261 e. The number of aryl methyl sites for hydroxylation is 1. The van der Waals surface area contributed by atoms with Crippen molar-refractivity contribution < 1.29 is 21.6 Å². The lowest BCUT2D eigenvalue weighted by Gasteiger charge is -2.08. The van der Waals surface area contributed by atoms with Crippen molar-refractivity contribution in [2.75, 3.05) is 0 Å². The summed E-state index contributed by atoms with van der Waals surface area (Å²) in [4.78, 5) is 9.03. The summed E-state index contributed by atoms with van der Waals surface area (Å²) >= 11 is 1.47. The molecule has 0 bridgehead atoms. The fourth-order valence-corrected chi connectivity index (χ4v) is 4.54. The topological polar surface area (TPSA) is 59.9 Å². The van der Waals surface area contributed by atoms with Crippen LogP contribution in [0.4, 0.5) is 13.2 Å². The molecular weight excluding hydrogens is 433 g/mol. The Bertz CT molecular complexity index is 1090. The number of aromatic nitrogens is 2. The van der Waals surface area contributed by atoms with Crippen LogP contribution in [0.1, 0.15) is 37.4 Å². The lowest BCUT2D eigenvalue weighted by atomic mass is 10.1. The molecule has 0 saturated heterocycles. The Hall–Kier alpha value is -2.26. The van der Waals surface area contributed by atoms with Crippen molar-refractivity contribution in [3.63, 3.8) is 0 Å². The van der Waals surface area contributed by atoms with E-state index in [1.807, 2.05) is 17.5 Å². The first-order valence-corrected chi connectivity index (χ1v) is 12.0. The fourth-order valence-electron chi connectivity index (χ4n) is 2.92. The molecule has 0 aliphatic rings. The molecule has 1 aromatic carbocycles. The Balaban J connectivity index is 1.74. The number of thiazole rings is 1. The number of hydrogen-bond donors (Lipinski definition) is 0. The quantitative estimate of drug-likeness (QED) is 0.390. The van der Waals surface area contributed by atoms with E-state index < -0.39 is 21.1 Å². The molecule has 0 amide bonds. The van der Waals surface area contributed by atoms with Gasteiger partial charge in [-0.25, -0.2) is 13.4 Å². The molecule has 3 rings (SSSR count). The molecule has 30 heavy (non-hydrogen) atoms. The van der Waals surface area contributed by atoms with Crippen molar-refractivity contribution >= 4 is 21.2 Å². The molecule has 4 nitrogen and oxygen atoms in total. The number of hydrogen-bond acceptors (Lipinski definition) is 5. The van der Waals surface area contributed by atoms with Gasteiger partial charge in [0.2, 0.25) is 0 Å². The fraction of sp³-hybridized carbons (Fsp3) is 0.333. The minimum Gasteiger partial charge on any atom is -0.261 e. The molecule has 0 radical (unpaired) electrons. The summed E-state index contributed by atoms with van der Waals surface area (Å²) in [6, 6.07) is 9.87. The highest BCUT2D eigenvalue weighted by Gasteiger charge is 2.45. The van der Waals surface area contributed by atoms with Crippen LogP contribution in [0.5, 0.6) is 0 Å². The first-order chi connectivity index (χ1) is 14.2.